The highest BCUT2D eigenvalue weighted by Gasteiger charge is 2.18. The molecule has 15 heavy (non-hydrogen) atoms. The van der Waals surface area contributed by atoms with Crippen molar-refractivity contribution in [1.29, 1.82) is 0 Å². The first-order valence-electron chi connectivity index (χ1n) is 4.26. The largest absolute Gasteiger partial charge is 0.386 e. The smallest absolute Gasteiger partial charge is 0.165 e. The van der Waals surface area contributed by atoms with Gasteiger partial charge >= 0.3 is 0 Å². The molecule has 0 heterocycles. The zero-order chi connectivity index (χ0) is 11.6. The fourth-order valence-corrected chi connectivity index (χ4v) is 1.42. The lowest BCUT2D eigenvalue weighted by Crippen LogP contribution is -2.19. The molecule has 2 nitrogen and oxygen atoms in total. The van der Waals surface area contributed by atoms with E-state index in [2.05, 4.69) is 15.9 Å². The van der Waals surface area contributed by atoms with Crippen LogP contribution in [0.3, 0.4) is 0 Å². The van der Waals surface area contributed by atoms with Gasteiger partial charge in [0, 0.05) is 12.0 Å². The Bertz CT molecular complexity index is 391. The highest BCUT2D eigenvalue weighted by atomic mass is 79.9. The average molecular weight is 279 g/mol. The lowest BCUT2D eigenvalue weighted by atomic mass is 10.1. The first-order valence-corrected chi connectivity index (χ1v) is 5.06. The van der Waals surface area contributed by atoms with Crippen molar-refractivity contribution in [2.24, 2.45) is 0 Å². The van der Waals surface area contributed by atoms with E-state index < -0.39 is 29.9 Å². The van der Waals surface area contributed by atoms with E-state index in [4.69, 9.17) is 5.11 Å². The first kappa shape index (κ1) is 12.3. The second-order valence-electron chi connectivity index (χ2n) is 3.14. The number of rotatable bonds is 3. The van der Waals surface area contributed by atoms with Gasteiger partial charge in [-0.1, -0.05) is 0 Å². The van der Waals surface area contributed by atoms with Crippen LogP contribution in [0.15, 0.2) is 16.6 Å². The molecule has 1 aromatic rings. The molecule has 0 spiro atoms. The van der Waals surface area contributed by atoms with Crippen molar-refractivity contribution in [3.8, 4) is 0 Å². The van der Waals surface area contributed by atoms with Crippen molar-refractivity contribution >= 4 is 21.7 Å². The molecule has 1 unspecified atom stereocenters. The van der Waals surface area contributed by atoms with E-state index in [1.54, 1.807) is 0 Å². The predicted octanol–water partition coefficient (Wildman–Crippen LogP) is 2.22. The van der Waals surface area contributed by atoms with Crippen LogP contribution in [0.25, 0.3) is 0 Å². The van der Waals surface area contributed by atoms with Gasteiger partial charge in [0.1, 0.15) is 17.7 Å². The summed E-state index contributed by atoms with van der Waals surface area (Å²) in [5.74, 6) is -2.21. The number of carbonyl (C=O) groups excluding carboxylic acids is 1. The van der Waals surface area contributed by atoms with E-state index in [-0.39, 0.29) is 10.0 Å². The zero-order valence-corrected chi connectivity index (χ0v) is 9.51. The standard InChI is InChI=1S/C10H9BrF2O2/c1-5(14)9(15)4-6-8(12)3-2-7(11)10(6)13/h2-3,5,14H,4H2,1H3. The molecule has 1 atom stereocenters. The average Bonchev–Trinajstić information content (AvgIpc) is 2.18. The molecule has 0 aromatic heterocycles. The van der Waals surface area contributed by atoms with Crippen LogP contribution in [-0.4, -0.2) is 17.0 Å². The molecule has 0 aliphatic carbocycles. The molecule has 5 heteroatoms. The van der Waals surface area contributed by atoms with Crippen LogP contribution in [0.5, 0.6) is 0 Å². The summed E-state index contributed by atoms with van der Waals surface area (Å²) in [4.78, 5) is 11.1. The summed E-state index contributed by atoms with van der Waals surface area (Å²) >= 11 is 2.89. The van der Waals surface area contributed by atoms with Crippen LogP contribution in [0, 0.1) is 11.6 Å². The van der Waals surface area contributed by atoms with Gasteiger partial charge in [-0.15, -0.1) is 0 Å². The molecular formula is C10H9BrF2O2. The predicted molar refractivity (Wildman–Crippen MR) is 54.4 cm³/mol. The number of halogens is 3. The number of hydrogen-bond donors (Lipinski definition) is 1. The van der Waals surface area contributed by atoms with E-state index in [9.17, 15) is 13.6 Å². The summed E-state index contributed by atoms with van der Waals surface area (Å²) in [5.41, 5.74) is -0.324. The van der Waals surface area contributed by atoms with E-state index >= 15 is 0 Å². The maximum absolute atomic E-state index is 13.4. The van der Waals surface area contributed by atoms with Crippen LogP contribution in [0.4, 0.5) is 8.78 Å². The fraction of sp³-hybridized carbons (Fsp3) is 0.300. The third kappa shape index (κ3) is 2.82. The van der Waals surface area contributed by atoms with E-state index in [1.807, 2.05) is 0 Å². The Kier molecular flexibility index (Phi) is 3.93. The van der Waals surface area contributed by atoms with Crippen LogP contribution < -0.4 is 0 Å². The zero-order valence-electron chi connectivity index (χ0n) is 7.93. The maximum atomic E-state index is 13.4. The van der Waals surface area contributed by atoms with Gasteiger partial charge in [0.2, 0.25) is 0 Å². The molecule has 0 saturated carbocycles. The van der Waals surface area contributed by atoms with Gasteiger partial charge in [-0.25, -0.2) is 8.78 Å². The number of aliphatic hydroxyl groups is 1. The fourth-order valence-electron chi connectivity index (χ4n) is 1.05. The molecular weight excluding hydrogens is 270 g/mol. The topological polar surface area (TPSA) is 37.3 Å². The van der Waals surface area contributed by atoms with Gasteiger partial charge in [-0.05, 0) is 35.0 Å². The van der Waals surface area contributed by atoms with Crippen LogP contribution >= 0.6 is 15.9 Å². The number of Topliss-reactive ketones (excluding diaryl/α,β-unsaturated/α-hetero) is 1. The highest BCUT2D eigenvalue weighted by Crippen LogP contribution is 2.22. The molecule has 0 bridgehead atoms. The van der Waals surface area contributed by atoms with Gasteiger partial charge in [0.25, 0.3) is 0 Å². The van der Waals surface area contributed by atoms with E-state index in [0.29, 0.717) is 0 Å². The SMILES string of the molecule is CC(O)C(=O)Cc1c(F)ccc(Br)c1F. The van der Waals surface area contributed by atoms with Gasteiger partial charge in [-0.2, -0.15) is 0 Å². The van der Waals surface area contributed by atoms with Crippen LogP contribution in [0.1, 0.15) is 12.5 Å². The molecule has 1 aromatic carbocycles. The molecule has 0 aliphatic rings. The molecule has 0 amide bonds. The molecule has 0 fully saturated rings. The lowest BCUT2D eigenvalue weighted by molar-refractivity contribution is -0.125. The van der Waals surface area contributed by atoms with Crippen molar-refractivity contribution in [2.45, 2.75) is 19.4 Å². The third-order valence-electron chi connectivity index (χ3n) is 1.96. The van der Waals surface area contributed by atoms with Crippen molar-refractivity contribution in [3.05, 3.63) is 33.8 Å². The second-order valence-corrected chi connectivity index (χ2v) is 4.00. The summed E-state index contributed by atoms with van der Waals surface area (Å²) in [6, 6.07) is 2.29. The number of hydrogen-bond acceptors (Lipinski definition) is 2. The first-order chi connectivity index (χ1) is 6.93. The van der Waals surface area contributed by atoms with E-state index in [0.717, 1.165) is 6.07 Å². The normalized spacial score (nSPS) is 12.6. The van der Waals surface area contributed by atoms with Gasteiger partial charge in [0.15, 0.2) is 5.78 Å². The molecule has 1 rings (SSSR count). The Balaban J connectivity index is 3.04. The monoisotopic (exact) mass is 278 g/mol. The summed E-state index contributed by atoms with van der Waals surface area (Å²) in [5, 5.41) is 8.93. The summed E-state index contributed by atoms with van der Waals surface area (Å²) in [6.45, 7) is 1.26. The molecule has 0 radical (unpaired) electrons. The number of aliphatic hydroxyl groups excluding tert-OH is 1. The van der Waals surface area contributed by atoms with Crippen molar-refractivity contribution in [1.82, 2.24) is 0 Å². The van der Waals surface area contributed by atoms with Crippen molar-refractivity contribution in [2.75, 3.05) is 0 Å². The maximum Gasteiger partial charge on any atom is 0.165 e. The number of carbonyl (C=O) groups is 1. The quantitative estimate of drug-likeness (QED) is 0.861. The van der Waals surface area contributed by atoms with Crippen molar-refractivity contribution in [3.63, 3.8) is 0 Å². The van der Waals surface area contributed by atoms with E-state index in [1.165, 1.54) is 13.0 Å². The van der Waals surface area contributed by atoms with Gasteiger partial charge < -0.3 is 5.11 Å². The lowest BCUT2D eigenvalue weighted by Gasteiger charge is -2.07. The summed E-state index contributed by atoms with van der Waals surface area (Å²) in [7, 11) is 0. The molecule has 0 saturated heterocycles. The molecule has 82 valence electrons. The third-order valence-corrected chi connectivity index (χ3v) is 2.57. The summed E-state index contributed by atoms with van der Waals surface area (Å²) < 4.78 is 26.6. The minimum atomic E-state index is -1.22. The Morgan fingerprint density at radius 1 is 1.53 bits per heavy atom. The van der Waals surface area contributed by atoms with Crippen LogP contribution in [-0.2, 0) is 11.2 Å². The highest BCUT2D eigenvalue weighted by molar-refractivity contribution is 9.10. The van der Waals surface area contributed by atoms with Crippen molar-refractivity contribution < 1.29 is 18.7 Å². The van der Waals surface area contributed by atoms with Crippen LogP contribution in [0.2, 0.25) is 0 Å². The second kappa shape index (κ2) is 4.81. The minimum Gasteiger partial charge on any atom is -0.386 e. The Labute approximate surface area is 94.0 Å². The minimum absolute atomic E-state index is 0.0947. The Morgan fingerprint density at radius 3 is 2.67 bits per heavy atom. The summed E-state index contributed by atoms with van der Waals surface area (Å²) in [6.07, 6.45) is -1.67. The molecule has 1 N–H and O–H groups in total. The number of ketones is 1. The Morgan fingerprint density at radius 2 is 2.13 bits per heavy atom. The Hall–Kier alpha value is -0.810. The van der Waals surface area contributed by atoms with Gasteiger partial charge in [0.05, 0.1) is 4.47 Å². The molecule has 0 aliphatic heterocycles. The van der Waals surface area contributed by atoms with Gasteiger partial charge in [-0.3, -0.25) is 4.79 Å². The number of benzene rings is 1.